The van der Waals surface area contributed by atoms with Crippen molar-refractivity contribution in [3.63, 3.8) is 0 Å². The molecule has 0 amide bonds. The van der Waals surface area contributed by atoms with Gasteiger partial charge in [-0.05, 0) is 24.1 Å². The topological polar surface area (TPSA) is 22.0 Å². The van der Waals surface area contributed by atoms with E-state index in [-0.39, 0.29) is 5.69 Å². The molecule has 0 radical (unpaired) electrons. The highest BCUT2D eigenvalue weighted by Crippen LogP contribution is 2.33. The van der Waals surface area contributed by atoms with Crippen LogP contribution in [0.2, 0.25) is 0 Å². The van der Waals surface area contributed by atoms with Crippen molar-refractivity contribution >= 4 is 0 Å². The zero-order chi connectivity index (χ0) is 14.9. The van der Waals surface area contributed by atoms with Gasteiger partial charge in [-0.1, -0.05) is 25.1 Å². The molecular formula is C14H12F3NO. The van der Waals surface area contributed by atoms with Crippen LogP contribution in [0.15, 0.2) is 47.4 Å². The smallest absolute Gasteiger partial charge is 0.283 e. The summed E-state index contributed by atoms with van der Waals surface area (Å²) in [4.78, 5) is 11.8. The molecule has 5 heteroatoms. The minimum absolute atomic E-state index is 0.229. The second-order valence-electron chi connectivity index (χ2n) is 3.97. The van der Waals surface area contributed by atoms with Crippen LogP contribution >= 0.6 is 0 Å². The molecular weight excluding hydrogens is 255 g/mol. The van der Waals surface area contributed by atoms with Crippen molar-refractivity contribution in [2.75, 3.05) is 0 Å². The molecule has 1 aromatic carbocycles. The Morgan fingerprint density at radius 2 is 1.89 bits per heavy atom. The number of para-hydroxylation sites is 1. The van der Waals surface area contributed by atoms with Crippen LogP contribution in [-0.4, -0.2) is 4.57 Å². The Hall–Kier alpha value is -2.04. The van der Waals surface area contributed by atoms with Crippen molar-refractivity contribution in [3.05, 3.63) is 64.1 Å². The Labute approximate surface area is 109 Å². The number of alkyl halides is 3. The quantitative estimate of drug-likeness (QED) is 0.818. The molecule has 0 fully saturated rings. The number of halogens is 3. The summed E-state index contributed by atoms with van der Waals surface area (Å²) in [6.45, 7) is 1.58. The first-order valence-electron chi connectivity index (χ1n) is 6.20. The van der Waals surface area contributed by atoms with Gasteiger partial charge < -0.3 is 0 Å². The Morgan fingerprint density at radius 1 is 1.21 bits per heavy atom. The first-order chi connectivity index (χ1) is 9.30. The molecule has 0 aliphatic rings. The van der Waals surface area contributed by atoms with Crippen molar-refractivity contribution in [1.29, 1.82) is 0 Å². The molecule has 0 N–H and O–H groups in total. The van der Waals surface area contributed by atoms with Gasteiger partial charge in [-0.15, -0.1) is 0 Å². The summed E-state index contributed by atoms with van der Waals surface area (Å²) < 4.78 is 47.4. The molecule has 1 unspecified atom stereocenters. The lowest BCUT2D eigenvalue weighted by atomic mass is 10.1. The van der Waals surface area contributed by atoms with E-state index in [0.717, 1.165) is 10.6 Å². The van der Waals surface area contributed by atoms with Gasteiger partial charge in [0, 0.05) is 13.6 Å². The van der Waals surface area contributed by atoms with Crippen molar-refractivity contribution in [2.45, 2.75) is 19.5 Å². The molecule has 2 aromatic rings. The summed E-state index contributed by atoms with van der Waals surface area (Å²) in [7, 11) is 0. The normalized spacial score (nSPS) is 14.0. The van der Waals surface area contributed by atoms with Gasteiger partial charge in [0.2, 0.25) is 0 Å². The van der Waals surface area contributed by atoms with Gasteiger partial charge in [-0.3, -0.25) is 9.36 Å². The third-order valence-electron chi connectivity index (χ3n) is 2.74. The van der Waals surface area contributed by atoms with E-state index in [1.807, 2.05) is 0 Å². The number of nitrogens with zero attached hydrogens (tertiary/aromatic N) is 1. The number of pyridine rings is 1. The van der Waals surface area contributed by atoms with E-state index in [4.69, 9.17) is 1.37 Å². The third-order valence-corrected chi connectivity index (χ3v) is 2.74. The Morgan fingerprint density at radius 3 is 2.53 bits per heavy atom. The van der Waals surface area contributed by atoms with Crippen LogP contribution in [0.25, 0.3) is 5.69 Å². The Kier molecular flexibility index (Phi) is 3.11. The van der Waals surface area contributed by atoms with Crippen LogP contribution in [0.4, 0.5) is 13.2 Å². The number of aryl methyl sites for hydroxylation is 1. The van der Waals surface area contributed by atoms with Crippen LogP contribution in [0.5, 0.6) is 0 Å². The maximum atomic E-state index is 13.0. The lowest BCUT2D eigenvalue weighted by molar-refractivity contribution is -0.137. The lowest BCUT2D eigenvalue weighted by Crippen LogP contribution is -2.21. The predicted molar refractivity (Wildman–Crippen MR) is 66.4 cm³/mol. The fourth-order valence-corrected chi connectivity index (χ4v) is 1.79. The maximum Gasteiger partial charge on any atom is 0.418 e. The minimum atomic E-state index is -4.54. The molecule has 0 saturated heterocycles. The summed E-state index contributed by atoms with van der Waals surface area (Å²) in [5, 5.41) is 0. The number of hydrogen-bond donors (Lipinski definition) is 0. The van der Waals surface area contributed by atoms with E-state index < -0.39 is 23.7 Å². The summed E-state index contributed by atoms with van der Waals surface area (Å²) in [6, 6.07) is 7.50. The summed E-state index contributed by atoms with van der Waals surface area (Å²) in [5.74, 6) is 0. The van der Waals surface area contributed by atoms with Gasteiger partial charge in [0.05, 0.1) is 11.3 Å². The summed E-state index contributed by atoms with van der Waals surface area (Å²) >= 11 is 0. The second kappa shape index (κ2) is 4.91. The van der Waals surface area contributed by atoms with Gasteiger partial charge >= 0.3 is 6.18 Å². The van der Waals surface area contributed by atoms with E-state index in [1.165, 1.54) is 36.5 Å². The van der Waals surface area contributed by atoms with Gasteiger partial charge in [-0.25, -0.2) is 0 Å². The van der Waals surface area contributed by atoms with Crippen molar-refractivity contribution in [1.82, 2.24) is 4.57 Å². The SMILES string of the molecule is [2H]C(C)c1ccc(=O)n(-c2ccccc2C(F)(F)F)c1. The van der Waals surface area contributed by atoms with Crippen LogP contribution in [0.1, 0.15) is 19.4 Å². The van der Waals surface area contributed by atoms with Crippen LogP contribution in [0, 0.1) is 0 Å². The number of rotatable bonds is 2. The van der Waals surface area contributed by atoms with Crippen LogP contribution in [0.3, 0.4) is 0 Å². The van der Waals surface area contributed by atoms with Gasteiger partial charge in [0.15, 0.2) is 0 Å². The van der Waals surface area contributed by atoms with Crippen LogP contribution in [-0.2, 0) is 12.6 Å². The Balaban J connectivity index is 2.69. The Bertz CT molecular complexity index is 677. The first-order valence-corrected chi connectivity index (χ1v) is 5.62. The highest BCUT2D eigenvalue weighted by Gasteiger charge is 2.33. The standard InChI is InChI=1S/C14H12F3NO/c1-2-10-7-8-13(19)18(9-10)12-6-4-3-5-11(12)14(15,16)17/h3-9H,2H2,1H3/i2D. The average molecular weight is 268 g/mol. The molecule has 2 rings (SSSR count). The molecule has 19 heavy (non-hydrogen) atoms. The fourth-order valence-electron chi connectivity index (χ4n) is 1.79. The monoisotopic (exact) mass is 268 g/mol. The molecule has 100 valence electrons. The van der Waals surface area contributed by atoms with Gasteiger partial charge in [0.1, 0.15) is 0 Å². The van der Waals surface area contributed by atoms with E-state index in [0.29, 0.717) is 5.56 Å². The lowest BCUT2D eigenvalue weighted by Gasteiger charge is -2.14. The molecule has 1 aromatic heterocycles. The maximum absolute atomic E-state index is 13.0. The minimum Gasteiger partial charge on any atom is -0.283 e. The van der Waals surface area contributed by atoms with Gasteiger partial charge in [0.25, 0.3) is 5.56 Å². The predicted octanol–water partition coefficient (Wildman–Crippen LogP) is 3.42. The second-order valence-corrected chi connectivity index (χ2v) is 3.97. The number of aromatic nitrogens is 1. The van der Waals surface area contributed by atoms with Crippen molar-refractivity contribution < 1.29 is 14.5 Å². The number of hydrogen-bond acceptors (Lipinski definition) is 1. The van der Waals surface area contributed by atoms with Crippen molar-refractivity contribution in [3.8, 4) is 5.69 Å². The highest BCUT2D eigenvalue weighted by molar-refractivity contribution is 5.43. The first kappa shape index (κ1) is 12.0. The molecule has 0 aliphatic carbocycles. The largest absolute Gasteiger partial charge is 0.418 e. The molecule has 2 nitrogen and oxygen atoms in total. The highest BCUT2D eigenvalue weighted by atomic mass is 19.4. The average Bonchev–Trinajstić information content (AvgIpc) is 2.38. The zero-order valence-electron chi connectivity index (χ0n) is 11.1. The van der Waals surface area contributed by atoms with E-state index in [1.54, 1.807) is 6.92 Å². The third kappa shape index (κ3) is 2.70. The molecule has 0 saturated carbocycles. The molecule has 0 aliphatic heterocycles. The molecule has 0 spiro atoms. The summed E-state index contributed by atoms with van der Waals surface area (Å²) in [5.41, 5.74) is -1.20. The van der Waals surface area contributed by atoms with Gasteiger partial charge in [-0.2, -0.15) is 13.2 Å². The van der Waals surface area contributed by atoms with Crippen molar-refractivity contribution in [2.24, 2.45) is 0 Å². The molecule has 0 bridgehead atoms. The number of benzene rings is 1. The molecule has 1 atom stereocenters. The fraction of sp³-hybridized carbons (Fsp3) is 0.214. The zero-order valence-corrected chi connectivity index (χ0v) is 10.1. The van der Waals surface area contributed by atoms with E-state index >= 15 is 0 Å². The van der Waals surface area contributed by atoms with E-state index in [2.05, 4.69) is 0 Å². The van der Waals surface area contributed by atoms with E-state index in [9.17, 15) is 18.0 Å². The summed E-state index contributed by atoms with van der Waals surface area (Å²) in [6.07, 6.45) is -3.89. The molecule has 1 heterocycles. The van der Waals surface area contributed by atoms with Crippen LogP contribution < -0.4 is 5.56 Å².